The Morgan fingerprint density at radius 2 is 1.89 bits per heavy atom. The first-order chi connectivity index (χ1) is 8.90. The van der Waals surface area contributed by atoms with Gasteiger partial charge in [-0.1, -0.05) is 49.4 Å². The third-order valence-electron chi connectivity index (χ3n) is 3.08. The molecule has 0 aliphatic rings. The maximum absolute atomic E-state index is 4.17. The zero-order valence-corrected chi connectivity index (χ0v) is 10.8. The first kappa shape index (κ1) is 12.6. The van der Waals surface area contributed by atoms with Crippen LogP contribution in [0.3, 0.4) is 0 Å². The quantitative estimate of drug-likeness (QED) is 0.756. The lowest BCUT2D eigenvalue weighted by Crippen LogP contribution is -1.92. The van der Waals surface area contributed by atoms with E-state index in [0.717, 1.165) is 19.3 Å². The number of hydrogen-bond acceptors (Lipinski definition) is 1. The second-order valence-corrected chi connectivity index (χ2v) is 4.35. The van der Waals surface area contributed by atoms with E-state index >= 15 is 0 Å². The van der Waals surface area contributed by atoms with E-state index in [0.29, 0.717) is 0 Å². The number of rotatable bonds is 5. The van der Waals surface area contributed by atoms with Gasteiger partial charge in [-0.3, -0.25) is 4.98 Å². The highest BCUT2D eigenvalue weighted by molar-refractivity contribution is 5.48. The lowest BCUT2D eigenvalue weighted by atomic mass is 10.0. The van der Waals surface area contributed by atoms with Gasteiger partial charge in [0.1, 0.15) is 0 Å². The van der Waals surface area contributed by atoms with Crippen LogP contribution in [0.5, 0.6) is 0 Å². The topological polar surface area (TPSA) is 12.9 Å². The van der Waals surface area contributed by atoms with E-state index in [-0.39, 0.29) is 0 Å². The third-order valence-corrected chi connectivity index (χ3v) is 3.08. The fourth-order valence-electron chi connectivity index (χ4n) is 2.04. The first-order valence-corrected chi connectivity index (χ1v) is 6.53. The number of nitrogens with zero attached hydrogens (tertiary/aromatic N) is 1. The van der Waals surface area contributed by atoms with Crippen molar-refractivity contribution in [2.24, 2.45) is 0 Å². The first-order valence-electron chi connectivity index (χ1n) is 6.53. The van der Waals surface area contributed by atoms with Crippen LogP contribution in [-0.4, -0.2) is 4.98 Å². The van der Waals surface area contributed by atoms with Crippen LogP contribution in [0.4, 0.5) is 0 Å². The molecule has 0 N–H and O–H groups in total. The van der Waals surface area contributed by atoms with Crippen molar-refractivity contribution in [2.75, 3.05) is 0 Å². The summed E-state index contributed by atoms with van der Waals surface area (Å²) < 4.78 is 0. The third kappa shape index (κ3) is 3.56. The molecule has 0 amide bonds. The summed E-state index contributed by atoms with van der Waals surface area (Å²) in [6.07, 6.45) is 11.5. The predicted molar refractivity (Wildman–Crippen MR) is 77.4 cm³/mol. The van der Waals surface area contributed by atoms with Crippen LogP contribution in [0.2, 0.25) is 0 Å². The maximum Gasteiger partial charge on any atom is 0.0302 e. The fourth-order valence-corrected chi connectivity index (χ4v) is 2.04. The van der Waals surface area contributed by atoms with Gasteiger partial charge < -0.3 is 0 Å². The van der Waals surface area contributed by atoms with Crippen LogP contribution in [0, 0.1) is 0 Å². The molecule has 0 atom stereocenters. The normalized spacial score (nSPS) is 10.9. The van der Waals surface area contributed by atoms with Crippen LogP contribution in [0.15, 0.2) is 54.9 Å². The number of benzene rings is 1. The molecule has 2 aromatic rings. The van der Waals surface area contributed by atoms with Crippen LogP contribution in [-0.2, 0) is 12.8 Å². The minimum absolute atomic E-state index is 1.06. The highest BCUT2D eigenvalue weighted by Crippen LogP contribution is 2.11. The minimum Gasteiger partial charge on any atom is -0.264 e. The summed E-state index contributed by atoms with van der Waals surface area (Å²) in [5.74, 6) is 0. The van der Waals surface area contributed by atoms with Crippen molar-refractivity contribution in [2.45, 2.75) is 26.2 Å². The molecule has 0 unspecified atom stereocenters. The van der Waals surface area contributed by atoms with E-state index < -0.39 is 0 Å². The van der Waals surface area contributed by atoms with Crippen LogP contribution in [0.1, 0.15) is 30.0 Å². The summed E-state index contributed by atoms with van der Waals surface area (Å²) in [5, 5.41) is 0. The Morgan fingerprint density at radius 1 is 1.06 bits per heavy atom. The van der Waals surface area contributed by atoms with Crippen molar-refractivity contribution in [1.29, 1.82) is 0 Å². The van der Waals surface area contributed by atoms with Gasteiger partial charge in [-0.2, -0.15) is 0 Å². The summed E-state index contributed by atoms with van der Waals surface area (Å²) in [6.45, 7) is 2.18. The Balaban J connectivity index is 1.91. The van der Waals surface area contributed by atoms with Crippen molar-refractivity contribution in [3.05, 3.63) is 71.6 Å². The molecule has 92 valence electrons. The van der Waals surface area contributed by atoms with E-state index in [1.807, 2.05) is 18.5 Å². The zero-order valence-electron chi connectivity index (χ0n) is 10.8. The Bertz CT molecular complexity index is 500. The van der Waals surface area contributed by atoms with Crippen LogP contribution < -0.4 is 0 Å². The second kappa shape index (κ2) is 6.75. The fraction of sp³-hybridized carbons (Fsp3) is 0.235. The van der Waals surface area contributed by atoms with Gasteiger partial charge >= 0.3 is 0 Å². The van der Waals surface area contributed by atoms with Gasteiger partial charge in [-0.25, -0.2) is 0 Å². The van der Waals surface area contributed by atoms with E-state index in [4.69, 9.17) is 0 Å². The molecular weight excluding hydrogens is 218 g/mol. The molecule has 0 saturated carbocycles. The van der Waals surface area contributed by atoms with Gasteiger partial charge in [-0.15, -0.1) is 0 Å². The summed E-state index contributed by atoms with van der Waals surface area (Å²) in [6, 6.07) is 12.6. The van der Waals surface area contributed by atoms with E-state index in [9.17, 15) is 0 Å². The molecule has 0 saturated heterocycles. The monoisotopic (exact) mass is 237 g/mol. The van der Waals surface area contributed by atoms with Gasteiger partial charge in [0, 0.05) is 12.4 Å². The molecule has 0 aliphatic carbocycles. The Kier molecular flexibility index (Phi) is 4.71. The lowest BCUT2D eigenvalue weighted by molar-refractivity contribution is 0.950. The standard InChI is InChI=1S/C17H19N/c1-2-16-14-18-13-12-17(16)11-7-6-10-15-8-4-3-5-9-15/h3-6,8-10,12-14H,2,7,11H2,1H3. The summed E-state index contributed by atoms with van der Waals surface area (Å²) in [7, 11) is 0. The minimum atomic E-state index is 1.06. The average Bonchev–Trinajstić information content (AvgIpc) is 2.45. The molecule has 0 fully saturated rings. The predicted octanol–water partition coefficient (Wildman–Crippen LogP) is 4.29. The molecule has 1 nitrogen and oxygen atoms in total. The number of allylic oxidation sites excluding steroid dienone is 1. The van der Waals surface area contributed by atoms with E-state index in [1.54, 1.807) is 0 Å². The van der Waals surface area contributed by atoms with Crippen molar-refractivity contribution in [3.63, 3.8) is 0 Å². The number of hydrogen-bond donors (Lipinski definition) is 0. The highest BCUT2D eigenvalue weighted by Gasteiger charge is 1.98. The Labute approximate surface area is 109 Å². The average molecular weight is 237 g/mol. The van der Waals surface area contributed by atoms with Gasteiger partial charge in [0.15, 0.2) is 0 Å². The van der Waals surface area contributed by atoms with Gasteiger partial charge in [0.25, 0.3) is 0 Å². The Hall–Kier alpha value is -1.89. The number of pyridine rings is 1. The number of aromatic nitrogens is 1. The van der Waals surface area contributed by atoms with Gasteiger partial charge in [0.2, 0.25) is 0 Å². The molecule has 18 heavy (non-hydrogen) atoms. The van der Waals surface area contributed by atoms with Crippen LogP contribution in [0.25, 0.3) is 6.08 Å². The van der Waals surface area contributed by atoms with Crippen molar-refractivity contribution in [3.8, 4) is 0 Å². The molecule has 0 aliphatic heterocycles. The smallest absolute Gasteiger partial charge is 0.0302 e. The maximum atomic E-state index is 4.17. The molecule has 1 heterocycles. The molecule has 1 aromatic heterocycles. The molecule has 1 heteroatoms. The van der Waals surface area contributed by atoms with Crippen molar-refractivity contribution in [1.82, 2.24) is 4.98 Å². The molecule has 0 radical (unpaired) electrons. The Morgan fingerprint density at radius 3 is 2.67 bits per heavy atom. The van der Waals surface area contributed by atoms with Gasteiger partial charge in [-0.05, 0) is 42.0 Å². The summed E-state index contributed by atoms with van der Waals surface area (Å²) >= 11 is 0. The SMILES string of the molecule is CCc1cnccc1CCC=Cc1ccccc1. The molecule has 2 rings (SSSR count). The van der Waals surface area contributed by atoms with Crippen molar-refractivity contribution < 1.29 is 0 Å². The highest BCUT2D eigenvalue weighted by atomic mass is 14.6. The molecular formula is C17H19N. The molecule has 0 spiro atoms. The molecule has 1 aromatic carbocycles. The largest absolute Gasteiger partial charge is 0.264 e. The van der Waals surface area contributed by atoms with Crippen LogP contribution >= 0.6 is 0 Å². The lowest BCUT2D eigenvalue weighted by Gasteiger charge is -2.04. The van der Waals surface area contributed by atoms with Gasteiger partial charge in [0.05, 0.1) is 0 Å². The molecule has 0 bridgehead atoms. The van der Waals surface area contributed by atoms with E-state index in [1.165, 1.54) is 16.7 Å². The number of aryl methyl sites for hydroxylation is 2. The summed E-state index contributed by atoms with van der Waals surface area (Å²) in [5.41, 5.74) is 4.05. The summed E-state index contributed by atoms with van der Waals surface area (Å²) in [4.78, 5) is 4.17. The van der Waals surface area contributed by atoms with Crippen molar-refractivity contribution >= 4 is 6.08 Å². The second-order valence-electron chi connectivity index (χ2n) is 4.35. The zero-order chi connectivity index (χ0) is 12.6. The van der Waals surface area contributed by atoms with E-state index in [2.05, 4.69) is 54.4 Å².